The van der Waals surface area contributed by atoms with E-state index >= 15 is 0 Å². The lowest BCUT2D eigenvalue weighted by Crippen LogP contribution is -2.40. The van der Waals surface area contributed by atoms with Crippen molar-refractivity contribution in [3.63, 3.8) is 0 Å². The predicted molar refractivity (Wildman–Crippen MR) is 97.2 cm³/mol. The van der Waals surface area contributed by atoms with E-state index in [1.807, 2.05) is 4.90 Å². The maximum absolute atomic E-state index is 12.4. The number of aryl methyl sites for hydroxylation is 1. The number of nitrogens with zero attached hydrogens (tertiary/aromatic N) is 1. The SMILES string of the molecule is CCOC(=O)c1c(NC(=O)CN2CCC(O)CC2)sc2c1CCCC2. The molecule has 0 bridgehead atoms. The lowest BCUT2D eigenvalue weighted by Gasteiger charge is -2.28. The van der Waals surface area contributed by atoms with Crippen LogP contribution in [0.15, 0.2) is 0 Å². The van der Waals surface area contributed by atoms with E-state index in [0.717, 1.165) is 44.3 Å². The minimum atomic E-state index is -0.335. The number of fused-ring (bicyclic) bond motifs is 1. The quantitative estimate of drug-likeness (QED) is 0.781. The van der Waals surface area contributed by atoms with Crippen LogP contribution in [0, 0.1) is 0 Å². The highest BCUT2D eigenvalue weighted by Gasteiger charge is 2.28. The van der Waals surface area contributed by atoms with E-state index in [2.05, 4.69) is 5.32 Å². The molecule has 1 aromatic rings. The van der Waals surface area contributed by atoms with Gasteiger partial charge in [0.25, 0.3) is 0 Å². The van der Waals surface area contributed by atoms with Crippen LogP contribution in [0.1, 0.15) is 53.4 Å². The number of likely N-dealkylation sites (tertiary alicyclic amines) is 1. The molecule has 25 heavy (non-hydrogen) atoms. The summed E-state index contributed by atoms with van der Waals surface area (Å²) in [6.45, 7) is 3.85. The fourth-order valence-corrected chi connectivity index (χ4v) is 4.81. The van der Waals surface area contributed by atoms with Crippen LogP contribution >= 0.6 is 11.3 Å². The molecule has 7 heteroatoms. The third-order valence-electron chi connectivity index (χ3n) is 4.83. The summed E-state index contributed by atoms with van der Waals surface area (Å²) in [5.41, 5.74) is 1.62. The first kappa shape index (κ1) is 18.4. The number of amides is 1. The van der Waals surface area contributed by atoms with E-state index in [9.17, 15) is 14.7 Å². The first-order valence-corrected chi connectivity index (χ1v) is 9.92. The van der Waals surface area contributed by atoms with Gasteiger partial charge in [0.2, 0.25) is 5.91 Å². The Balaban J connectivity index is 1.71. The zero-order chi connectivity index (χ0) is 17.8. The van der Waals surface area contributed by atoms with Crippen LogP contribution < -0.4 is 5.32 Å². The van der Waals surface area contributed by atoms with Crippen LogP contribution in [-0.4, -0.2) is 54.2 Å². The average Bonchev–Trinajstić information content (AvgIpc) is 2.95. The van der Waals surface area contributed by atoms with Gasteiger partial charge in [-0.05, 0) is 51.0 Å². The molecule has 1 aliphatic carbocycles. The van der Waals surface area contributed by atoms with Gasteiger partial charge in [0, 0.05) is 18.0 Å². The van der Waals surface area contributed by atoms with Gasteiger partial charge < -0.3 is 15.2 Å². The number of nitrogens with one attached hydrogen (secondary N) is 1. The minimum absolute atomic E-state index is 0.111. The number of thiophene rings is 1. The Morgan fingerprint density at radius 1 is 1.28 bits per heavy atom. The van der Waals surface area contributed by atoms with Crippen molar-refractivity contribution in [1.82, 2.24) is 4.90 Å². The molecule has 0 aromatic carbocycles. The van der Waals surface area contributed by atoms with Gasteiger partial charge in [0.1, 0.15) is 5.00 Å². The molecular weight excluding hydrogens is 340 g/mol. The maximum atomic E-state index is 12.4. The first-order valence-electron chi connectivity index (χ1n) is 9.10. The summed E-state index contributed by atoms with van der Waals surface area (Å²) in [5.74, 6) is -0.446. The van der Waals surface area contributed by atoms with Crippen molar-refractivity contribution in [2.45, 2.75) is 51.6 Å². The zero-order valence-electron chi connectivity index (χ0n) is 14.7. The van der Waals surface area contributed by atoms with Crippen molar-refractivity contribution in [3.8, 4) is 0 Å². The summed E-state index contributed by atoms with van der Waals surface area (Å²) >= 11 is 1.52. The molecule has 138 valence electrons. The molecule has 1 aliphatic heterocycles. The number of ether oxygens (including phenoxy) is 1. The van der Waals surface area contributed by atoms with Crippen molar-refractivity contribution < 1.29 is 19.4 Å². The number of hydrogen-bond acceptors (Lipinski definition) is 6. The van der Waals surface area contributed by atoms with Gasteiger partial charge in [-0.15, -0.1) is 11.3 Å². The molecule has 0 saturated carbocycles. The summed E-state index contributed by atoms with van der Waals surface area (Å²) in [5, 5.41) is 13.1. The number of carbonyl (C=O) groups excluding carboxylic acids is 2. The Morgan fingerprint density at radius 3 is 2.72 bits per heavy atom. The van der Waals surface area contributed by atoms with Gasteiger partial charge in [-0.1, -0.05) is 0 Å². The van der Waals surface area contributed by atoms with Crippen LogP contribution in [0.3, 0.4) is 0 Å². The first-order chi connectivity index (χ1) is 12.1. The van der Waals surface area contributed by atoms with E-state index in [-0.39, 0.29) is 24.5 Å². The molecular formula is C18H26N2O4S. The molecule has 6 nitrogen and oxygen atoms in total. The van der Waals surface area contributed by atoms with Crippen LogP contribution in [0.25, 0.3) is 0 Å². The lowest BCUT2D eigenvalue weighted by atomic mass is 9.95. The molecule has 2 heterocycles. The Labute approximate surface area is 152 Å². The summed E-state index contributed by atoms with van der Waals surface area (Å²) in [4.78, 5) is 28.1. The van der Waals surface area contributed by atoms with Gasteiger partial charge in [-0.25, -0.2) is 4.79 Å². The Hall–Kier alpha value is -1.44. The second-order valence-electron chi connectivity index (χ2n) is 6.69. The van der Waals surface area contributed by atoms with Crippen LogP contribution in [0.2, 0.25) is 0 Å². The number of aliphatic hydroxyl groups excluding tert-OH is 1. The third kappa shape index (κ3) is 4.40. The van der Waals surface area contributed by atoms with Gasteiger partial charge in [-0.2, -0.15) is 0 Å². The fourth-order valence-electron chi connectivity index (χ4n) is 3.52. The average molecular weight is 366 g/mol. The number of aliphatic hydroxyl groups is 1. The van der Waals surface area contributed by atoms with Crippen LogP contribution in [0.4, 0.5) is 5.00 Å². The summed E-state index contributed by atoms with van der Waals surface area (Å²) in [6, 6.07) is 0. The van der Waals surface area contributed by atoms with Crippen molar-refractivity contribution in [1.29, 1.82) is 0 Å². The molecule has 1 aromatic heterocycles. The normalized spacial score (nSPS) is 18.6. The second-order valence-corrected chi connectivity index (χ2v) is 7.80. The summed E-state index contributed by atoms with van der Waals surface area (Å²) < 4.78 is 5.21. The summed E-state index contributed by atoms with van der Waals surface area (Å²) in [7, 11) is 0. The Kier molecular flexibility index (Phi) is 6.09. The maximum Gasteiger partial charge on any atom is 0.341 e. The van der Waals surface area contributed by atoms with E-state index in [0.29, 0.717) is 30.0 Å². The molecule has 0 radical (unpaired) electrons. The summed E-state index contributed by atoms with van der Waals surface area (Å²) in [6.07, 6.45) is 5.19. The lowest BCUT2D eigenvalue weighted by molar-refractivity contribution is -0.117. The Morgan fingerprint density at radius 2 is 2.00 bits per heavy atom. The van der Waals surface area contributed by atoms with Crippen LogP contribution in [-0.2, 0) is 22.4 Å². The van der Waals surface area contributed by atoms with Crippen molar-refractivity contribution in [3.05, 3.63) is 16.0 Å². The molecule has 1 saturated heterocycles. The largest absolute Gasteiger partial charge is 0.462 e. The molecule has 2 N–H and O–H groups in total. The smallest absolute Gasteiger partial charge is 0.341 e. The number of piperidine rings is 1. The molecule has 2 aliphatic rings. The highest BCUT2D eigenvalue weighted by molar-refractivity contribution is 7.17. The second kappa shape index (κ2) is 8.29. The predicted octanol–water partition coefficient (Wildman–Crippen LogP) is 2.20. The number of carbonyl (C=O) groups is 2. The topological polar surface area (TPSA) is 78.9 Å². The molecule has 0 unspecified atom stereocenters. The zero-order valence-corrected chi connectivity index (χ0v) is 15.5. The van der Waals surface area contributed by atoms with E-state index in [4.69, 9.17) is 4.74 Å². The van der Waals surface area contributed by atoms with Gasteiger partial charge in [0.15, 0.2) is 0 Å². The number of rotatable bonds is 5. The van der Waals surface area contributed by atoms with Crippen LogP contribution in [0.5, 0.6) is 0 Å². The molecule has 0 atom stereocenters. The van der Waals surface area contributed by atoms with Crippen molar-refractivity contribution in [2.75, 3.05) is 31.6 Å². The monoisotopic (exact) mass is 366 g/mol. The van der Waals surface area contributed by atoms with E-state index in [1.165, 1.54) is 16.2 Å². The minimum Gasteiger partial charge on any atom is -0.462 e. The Bertz CT molecular complexity index is 635. The highest BCUT2D eigenvalue weighted by Crippen LogP contribution is 2.38. The van der Waals surface area contributed by atoms with Crippen molar-refractivity contribution >= 4 is 28.2 Å². The van der Waals surface area contributed by atoms with Gasteiger partial charge >= 0.3 is 5.97 Å². The van der Waals surface area contributed by atoms with Gasteiger partial charge in [0.05, 0.1) is 24.8 Å². The molecule has 1 fully saturated rings. The molecule has 3 rings (SSSR count). The highest BCUT2D eigenvalue weighted by atomic mass is 32.1. The van der Waals surface area contributed by atoms with E-state index < -0.39 is 0 Å². The number of anilines is 1. The number of esters is 1. The van der Waals surface area contributed by atoms with E-state index in [1.54, 1.807) is 6.92 Å². The third-order valence-corrected chi connectivity index (χ3v) is 6.04. The number of hydrogen-bond donors (Lipinski definition) is 2. The molecule has 1 amide bonds. The molecule has 0 spiro atoms. The fraction of sp³-hybridized carbons (Fsp3) is 0.667. The standard InChI is InChI=1S/C18H26N2O4S/c1-2-24-18(23)16-13-5-3-4-6-14(13)25-17(16)19-15(22)11-20-9-7-12(21)8-10-20/h12,21H,2-11H2,1H3,(H,19,22). The van der Waals surface area contributed by atoms with Gasteiger partial charge in [-0.3, -0.25) is 9.69 Å². The van der Waals surface area contributed by atoms with Crippen molar-refractivity contribution in [2.24, 2.45) is 0 Å².